The van der Waals surface area contributed by atoms with E-state index in [1.165, 1.54) is 45.3 Å². The molecule has 0 aliphatic rings. The Morgan fingerprint density at radius 2 is 1.62 bits per heavy atom. The van der Waals surface area contributed by atoms with Crippen LogP contribution in [0, 0.1) is 0 Å². The first-order chi connectivity index (χ1) is 6.20. The predicted molar refractivity (Wildman–Crippen MR) is 64.7 cm³/mol. The van der Waals surface area contributed by atoms with E-state index in [1.807, 2.05) is 0 Å². The second-order valence-electron chi connectivity index (χ2n) is 3.83. The Morgan fingerprint density at radius 3 is 2.00 bits per heavy atom. The van der Waals surface area contributed by atoms with Crippen LogP contribution >= 0.6 is 12.6 Å². The third-order valence-electron chi connectivity index (χ3n) is 2.18. The van der Waals surface area contributed by atoms with Gasteiger partial charge in [-0.25, -0.2) is 0 Å². The van der Waals surface area contributed by atoms with Gasteiger partial charge in [-0.15, -0.1) is 0 Å². The molecule has 0 saturated heterocycles. The molecule has 0 saturated carbocycles. The van der Waals surface area contributed by atoms with E-state index in [1.54, 1.807) is 0 Å². The third kappa shape index (κ3) is 8.63. The SMILES string of the molecule is CCCN(CCC)CCCC(C)S. The fourth-order valence-electron chi connectivity index (χ4n) is 1.58. The second-order valence-corrected chi connectivity index (χ2v) is 4.71. The molecule has 0 fully saturated rings. The van der Waals surface area contributed by atoms with Crippen LogP contribution in [0.25, 0.3) is 0 Å². The van der Waals surface area contributed by atoms with Gasteiger partial charge in [-0.2, -0.15) is 12.6 Å². The highest BCUT2D eigenvalue weighted by molar-refractivity contribution is 7.80. The molecule has 2 heteroatoms. The Hall–Kier alpha value is 0.310. The van der Waals surface area contributed by atoms with Crippen LogP contribution in [0.3, 0.4) is 0 Å². The molecule has 0 aliphatic heterocycles. The molecule has 13 heavy (non-hydrogen) atoms. The van der Waals surface area contributed by atoms with Gasteiger partial charge in [-0.3, -0.25) is 0 Å². The van der Waals surface area contributed by atoms with Crippen LogP contribution in [0.15, 0.2) is 0 Å². The van der Waals surface area contributed by atoms with Crippen molar-refractivity contribution in [2.24, 2.45) is 0 Å². The van der Waals surface area contributed by atoms with Crippen molar-refractivity contribution in [3.8, 4) is 0 Å². The molecule has 0 rings (SSSR count). The first-order valence-electron chi connectivity index (χ1n) is 5.61. The van der Waals surface area contributed by atoms with E-state index in [2.05, 4.69) is 38.3 Å². The normalized spacial score (nSPS) is 13.6. The van der Waals surface area contributed by atoms with Gasteiger partial charge < -0.3 is 4.90 Å². The van der Waals surface area contributed by atoms with Crippen molar-refractivity contribution < 1.29 is 0 Å². The Balaban J connectivity index is 3.44. The predicted octanol–water partition coefficient (Wildman–Crippen LogP) is 3.21. The summed E-state index contributed by atoms with van der Waals surface area (Å²) in [5.41, 5.74) is 0. The molecule has 80 valence electrons. The smallest absolute Gasteiger partial charge is 0.00111 e. The zero-order chi connectivity index (χ0) is 10.1. The summed E-state index contributed by atoms with van der Waals surface area (Å²) in [4.78, 5) is 2.57. The first kappa shape index (κ1) is 13.3. The minimum absolute atomic E-state index is 0.560. The van der Waals surface area contributed by atoms with E-state index < -0.39 is 0 Å². The summed E-state index contributed by atoms with van der Waals surface area (Å²) in [7, 11) is 0. The fraction of sp³-hybridized carbons (Fsp3) is 1.00. The Labute approximate surface area is 89.3 Å². The van der Waals surface area contributed by atoms with E-state index in [4.69, 9.17) is 0 Å². The summed E-state index contributed by atoms with van der Waals surface area (Å²) in [6.45, 7) is 10.5. The number of thiol groups is 1. The van der Waals surface area contributed by atoms with Gasteiger partial charge in [0.15, 0.2) is 0 Å². The van der Waals surface area contributed by atoms with Crippen LogP contribution < -0.4 is 0 Å². The van der Waals surface area contributed by atoms with Gasteiger partial charge in [0.2, 0.25) is 0 Å². The number of hydrogen-bond acceptors (Lipinski definition) is 2. The van der Waals surface area contributed by atoms with Crippen LogP contribution in [-0.4, -0.2) is 29.8 Å². The molecule has 1 atom stereocenters. The minimum atomic E-state index is 0.560. The maximum Gasteiger partial charge on any atom is -0.00111 e. The van der Waals surface area contributed by atoms with Gasteiger partial charge in [-0.05, 0) is 50.6 Å². The van der Waals surface area contributed by atoms with Crippen molar-refractivity contribution in [2.75, 3.05) is 19.6 Å². The number of nitrogens with zero attached hydrogens (tertiary/aromatic N) is 1. The molecule has 0 aromatic heterocycles. The van der Waals surface area contributed by atoms with Gasteiger partial charge in [0.25, 0.3) is 0 Å². The summed E-state index contributed by atoms with van der Waals surface area (Å²) in [5.74, 6) is 0. The molecule has 0 amide bonds. The van der Waals surface area contributed by atoms with E-state index in [9.17, 15) is 0 Å². The molecule has 0 N–H and O–H groups in total. The molecule has 0 aliphatic carbocycles. The zero-order valence-corrected chi connectivity index (χ0v) is 10.3. The van der Waals surface area contributed by atoms with E-state index >= 15 is 0 Å². The molecule has 1 nitrogen and oxygen atoms in total. The van der Waals surface area contributed by atoms with Crippen LogP contribution in [0.1, 0.15) is 46.5 Å². The molecule has 0 aromatic carbocycles. The monoisotopic (exact) mass is 203 g/mol. The average Bonchev–Trinajstić information content (AvgIpc) is 2.04. The van der Waals surface area contributed by atoms with Gasteiger partial charge in [0.05, 0.1) is 0 Å². The molecular formula is C11H25NS. The van der Waals surface area contributed by atoms with Crippen molar-refractivity contribution in [2.45, 2.75) is 51.7 Å². The fourth-order valence-corrected chi connectivity index (χ4v) is 1.76. The quantitative estimate of drug-likeness (QED) is 0.593. The maximum absolute atomic E-state index is 4.39. The van der Waals surface area contributed by atoms with Crippen molar-refractivity contribution in [1.29, 1.82) is 0 Å². The average molecular weight is 203 g/mol. The third-order valence-corrected chi connectivity index (χ3v) is 2.43. The van der Waals surface area contributed by atoms with Gasteiger partial charge in [-0.1, -0.05) is 20.8 Å². The highest BCUT2D eigenvalue weighted by Gasteiger charge is 2.02. The minimum Gasteiger partial charge on any atom is -0.303 e. The molecule has 0 bridgehead atoms. The van der Waals surface area contributed by atoms with Crippen molar-refractivity contribution in [1.82, 2.24) is 4.90 Å². The molecule has 1 unspecified atom stereocenters. The number of rotatable bonds is 8. The summed E-state index contributed by atoms with van der Waals surface area (Å²) >= 11 is 4.39. The standard InChI is InChI=1S/C11H25NS/c1-4-8-12(9-5-2)10-6-7-11(3)13/h11,13H,4-10H2,1-3H3. The van der Waals surface area contributed by atoms with Crippen LogP contribution in [0.4, 0.5) is 0 Å². The summed E-state index contributed by atoms with van der Waals surface area (Å²) in [5, 5.41) is 0.560. The topological polar surface area (TPSA) is 3.24 Å². The lowest BCUT2D eigenvalue weighted by molar-refractivity contribution is 0.269. The van der Waals surface area contributed by atoms with E-state index in [0.717, 1.165) is 0 Å². The largest absolute Gasteiger partial charge is 0.303 e. The zero-order valence-electron chi connectivity index (χ0n) is 9.42. The maximum atomic E-state index is 4.39. The molecule has 0 aromatic rings. The highest BCUT2D eigenvalue weighted by Crippen LogP contribution is 2.05. The lowest BCUT2D eigenvalue weighted by atomic mass is 10.2. The van der Waals surface area contributed by atoms with Gasteiger partial charge >= 0.3 is 0 Å². The lowest BCUT2D eigenvalue weighted by Gasteiger charge is -2.20. The van der Waals surface area contributed by atoms with Crippen LogP contribution in [-0.2, 0) is 0 Å². The van der Waals surface area contributed by atoms with Crippen molar-refractivity contribution in [3.63, 3.8) is 0 Å². The molecule has 0 radical (unpaired) electrons. The Morgan fingerprint density at radius 1 is 1.08 bits per heavy atom. The Bertz CT molecular complexity index is 98.3. The second kappa shape index (κ2) is 8.89. The van der Waals surface area contributed by atoms with E-state index in [-0.39, 0.29) is 0 Å². The van der Waals surface area contributed by atoms with Crippen LogP contribution in [0.5, 0.6) is 0 Å². The molecular weight excluding hydrogens is 178 g/mol. The van der Waals surface area contributed by atoms with E-state index in [0.29, 0.717) is 5.25 Å². The van der Waals surface area contributed by atoms with Crippen molar-refractivity contribution >= 4 is 12.6 Å². The summed E-state index contributed by atoms with van der Waals surface area (Å²) in [6.07, 6.45) is 5.09. The van der Waals surface area contributed by atoms with Crippen molar-refractivity contribution in [3.05, 3.63) is 0 Å². The highest BCUT2D eigenvalue weighted by atomic mass is 32.1. The lowest BCUT2D eigenvalue weighted by Crippen LogP contribution is -2.26. The summed E-state index contributed by atoms with van der Waals surface area (Å²) < 4.78 is 0. The Kier molecular flexibility index (Phi) is 9.10. The molecule has 0 heterocycles. The van der Waals surface area contributed by atoms with Gasteiger partial charge in [0.1, 0.15) is 0 Å². The van der Waals surface area contributed by atoms with Gasteiger partial charge in [0, 0.05) is 0 Å². The molecule has 0 spiro atoms. The first-order valence-corrected chi connectivity index (χ1v) is 6.12. The van der Waals surface area contributed by atoms with Crippen LogP contribution in [0.2, 0.25) is 0 Å². The number of hydrogen-bond donors (Lipinski definition) is 1. The summed E-state index contributed by atoms with van der Waals surface area (Å²) in [6, 6.07) is 0.